The lowest BCUT2D eigenvalue weighted by molar-refractivity contribution is -0.0334. The van der Waals surface area contributed by atoms with E-state index in [1.807, 2.05) is 30.3 Å². The number of halogens is 1. The van der Waals surface area contributed by atoms with Crippen LogP contribution in [0.3, 0.4) is 0 Å². The number of nitrogens with zero attached hydrogens (tertiary/aromatic N) is 3. The molecule has 1 fully saturated rings. The number of hydrogen-bond acceptors (Lipinski definition) is 5. The van der Waals surface area contributed by atoms with Gasteiger partial charge < -0.3 is 9.47 Å². The number of nitriles is 1. The maximum absolute atomic E-state index is 9.15. The molecule has 2 aromatic carbocycles. The number of fused-ring (bicyclic) bond motifs is 1. The first-order chi connectivity index (χ1) is 12.3. The predicted octanol–water partition coefficient (Wildman–Crippen LogP) is 3.86. The average molecular weight is 354 g/mol. The molecule has 1 aliphatic rings. The molecular weight excluding hydrogens is 338 g/mol. The Morgan fingerprint density at radius 1 is 0.880 bits per heavy atom. The van der Waals surface area contributed by atoms with Gasteiger partial charge in [-0.1, -0.05) is 41.9 Å². The van der Waals surface area contributed by atoms with E-state index in [0.29, 0.717) is 16.4 Å². The van der Waals surface area contributed by atoms with Gasteiger partial charge in [-0.15, -0.1) is 0 Å². The smallest absolute Gasteiger partial charge is 0.155 e. The highest BCUT2D eigenvalue weighted by molar-refractivity contribution is 6.32. The monoisotopic (exact) mass is 353 g/mol. The second-order valence-corrected chi connectivity index (χ2v) is 5.60. The van der Waals surface area contributed by atoms with E-state index in [4.69, 9.17) is 26.3 Å². The molecule has 126 valence electrons. The van der Waals surface area contributed by atoms with E-state index >= 15 is 0 Å². The largest absolute Gasteiger partial charge is 0.377 e. The summed E-state index contributed by atoms with van der Waals surface area (Å²) in [6, 6.07) is 13.5. The molecule has 0 unspecified atom stereocenters. The van der Waals surface area contributed by atoms with Gasteiger partial charge in [-0.25, -0.2) is 4.98 Å². The van der Waals surface area contributed by atoms with Crippen molar-refractivity contribution in [2.45, 2.75) is 0 Å². The Labute approximate surface area is 150 Å². The molecule has 6 heteroatoms. The van der Waals surface area contributed by atoms with Gasteiger partial charge in [0.2, 0.25) is 0 Å². The van der Waals surface area contributed by atoms with Gasteiger partial charge in [0.1, 0.15) is 5.69 Å². The molecular formula is C19H16ClN3O2. The van der Waals surface area contributed by atoms with Crippen LogP contribution >= 0.6 is 11.6 Å². The Morgan fingerprint density at radius 3 is 2.12 bits per heavy atom. The summed E-state index contributed by atoms with van der Waals surface area (Å²) in [5.74, 6) is 0. The zero-order valence-corrected chi connectivity index (χ0v) is 14.2. The molecule has 0 amide bonds. The van der Waals surface area contributed by atoms with Gasteiger partial charge in [-0.2, -0.15) is 5.26 Å². The van der Waals surface area contributed by atoms with Crippen LogP contribution in [-0.2, 0) is 9.47 Å². The van der Waals surface area contributed by atoms with Gasteiger partial charge in [0.05, 0.1) is 38.1 Å². The summed E-state index contributed by atoms with van der Waals surface area (Å²) in [6.07, 6.45) is 3.16. The van der Waals surface area contributed by atoms with Crippen molar-refractivity contribution in [1.82, 2.24) is 9.97 Å². The minimum absolute atomic E-state index is 0.359. The molecule has 1 aromatic heterocycles. The minimum atomic E-state index is 0.359. The SMILES string of the molecule is C1COCCO1.N#Cc1ccc(-c2nccnc2Cl)c2ccccc12. The van der Waals surface area contributed by atoms with Crippen LogP contribution in [-0.4, -0.2) is 36.4 Å². The fraction of sp³-hybridized carbons (Fsp3) is 0.211. The molecule has 25 heavy (non-hydrogen) atoms. The molecule has 1 aliphatic heterocycles. The molecule has 0 radical (unpaired) electrons. The van der Waals surface area contributed by atoms with Crippen molar-refractivity contribution in [3.63, 3.8) is 0 Å². The van der Waals surface area contributed by atoms with E-state index in [1.54, 1.807) is 18.5 Å². The maximum Gasteiger partial charge on any atom is 0.155 e. The first kappa shape index (κ1) is 17.3. The first-order valence-corrected chi connectivity index (χ1v) is 8.23. The van der Waals surface area contributed by atoms with E-state index < -0.39 is 0 Å². The Bertz CT molecular complexity index is 893. The van der Waals surface area contributed by atoms with Crippen LogP contribution in [0.2, 0.25) is 5.15 Å². The Morgan fingerprint density at radius 2 is 1.52 bits per heavy atom. The normalized spacial score (nSPS) is 13.6. The fourth-order valence-electron chi connectivity index (χ4n) is 2.54. The number of ether oxygens (including phenoxy) is 2. The van der Waals surface area contributed by atoms with Crippen LogP contribution in [0.25, 0.3) is 22.0 Å². The molecule has 0 spiro atoms. The van der Waals surface area contributed by atoms with E-state index in [9.17, 15) is 0 Å². The molecule has 4 rings (SSSR count). The molecule has 5 nitrogen and oxygen atoms in total. The molecule has 0 saturated carbocycles. The summed E-state index contributed by atoms with van der Waals surface area (Å²) in [4.78, 5) is 8.32. The Balaban J connectivity index is 0.000000258. The quantitative estimate of drug-likeness (QED) is 0.664. The van der Waals surface area contributed by atoms with Crippen LogP contribution < -0.4 is 0 Å². The summed E-state index contributed by atoms with van der Waals surface area (Å²) in [5.41, 5.74) is 2.15. The summed E-state index contributed by atoms with van der Waals surface area (Å²) in [5, 5.41) is 11.3. The lowest BCUT2D eigenvalue weighted by atomic mass is 9.98. The molecule has 2 heterocycles. The zero-order chi connectivity index (χ0) is 17.5. The summed E-state index contributed by atoms with van der Waals surface area (Å²) >= 11 is 6.09. The second-order valence-electron chi connectivity index (χ2n) is 5.24. The maximum atomic E-state index is 9.15. The van der Waals surface area contributed by atoms with Crippen molar-refractivity contribution in [2.24, 2.45) is 0 Å². The number of hydrogen-bond donors (Lipinski definition) is 0. The van der Waals surface area contributed by atoms with Gasteiger partial charge in [0.25, 0.3) is 0 Å². The molecule has 0 aliphatic carbocycles. The number of benzene rings is 2. The Kier molecular flexibility index (Phi) is 5.91. The standard InChI is InChI=1S/C15H8ClN3.C4H8O2/c16-15-14(18-7-8-19-15)13-6-5-10(9-17)11-3-1-2-4-12(11)13;1-2-6-4-3-5-1/h1-8H;1-4H2. The molecule has 1 saturated heterocycles. The third-order valence-electron chi connectivity index (χ3n) is 3.70. The van der Waals surface area contributed by atoms with Gasteiger partial charge in [-0.05, 0) is 11.5 Å². The van der Waals surface area contributed by atoms with E-state index in [0.717, 1.165) is 42.8 Å². The highest BCUT2D eigenvalue weighted by atomic mass is 35.5. The van der Waals surface area contributed by atoms with Gasteiger partial charge in [-0.3, -0.25) is 4.98 Å². The van der Waals surface area contributed by atoms with E-state index in [2.05, 4.69) is 16.0 Å². The van der Waals surface area contributed by atoms with Gasteiger partial charge in [0, 0.05) is 23.3 Å². The number of rotatable bonds is 1. The van der Waals surface area contributed by atoms with Crippen LogP contribution in [0, 0.1) is 11.3 Å². The van der Waals surface area contributed by atoms with Crippen LogP contribution in [0.4, 0.5) is 0 Å². The lowest BCUT2D eigenvalue weighted by Crippen LogP contribution is -2.16. The van der Waals surface area contributed by atoms with Gasteiger partial charge >= 0.3 is 0 Å². The van der Waals surface area contributed by atoms with Crippen molar-refractivity contribution in [3.8, 4) is 17.3 Å². The van der Waals surface area contributed by atoms with Crippen LogP contribution in [0.1, 0.15) is 5.56 Å². The lowest BCUT2D eigenvalue weighted by Gasteiger charge is -2.09. The van der Waals surface area contributed by atoms with Crippen LogP contribution in [0.5, 0.6) is 0 Å². The Hall–Kier alpha value is -2.52. The summed E-state index contributed by atoms with van der Waals surface area (Å²) in [6.45, 7) is 3.11. The summed E-state index contributed by atoms with van der Waals surface area (Å²) in [7, 11) is 0. The average Bonchev–Trinajstić information content (AvgIpc) is 2.69. The first-order valence-electron chi connectivity index (χ1n) is 7.85. The number of aromatic nitrogens is 2. The third-order valence-corrected chi connectivity index (χ3v) is 3.97. The van der Waals surface area contributed by atoms with E-state index in [-0.39, 0.29) is 0 Å². The minimum Gasteiger partial charge on any atom is -0.377 e. The van der Waals surface area contributed by atoms with E-state index in [1.165, 1.54) is 0 Å². The highest BCUT2D eigenvalue weighted by Crippen LogP contribution is 2.32. The second kappa shape index (κ2) is 8.54. The molecule has 0 bridgehead atoms. The summed E-state index contributed by atoms with van der Waals surface area (Å²) < 4.78 is 9.89. The van der Waals surface area contributed by atoms with Gasteiger partial charge in [0.15, 0.2) is 5.15 Å². The predicted molar refractivity (Wildman–Crippen MR) is 96.3 cm³/mol. The topological polar surface area (TPSA) is 68.0 Å². The molecule has 3 aromatic rings. The van der Waals surface area contributed by atoms with Crippen molar-refractivity contribution >= 4 is 22.4 Å². The van der Waals surface area contributed by atoms with Crippen LogP contribution in [0.15, 0.2) is 48.8 Å². The van der Waals surface area contributed by atoms with Crippen molar-refractivity contribution in [2.75, 3.05) is 26.4 Å². The molecule has 0 atom stereocenters. The third kappa shape index (κ3) is 4.12. The van der Waals surface area contributed by atoms with Crippen molar-refractivity contribution in [1.29, 1.82) is 5.26 Å². The fourth-order valence-corrected chi connectivity index (χ4v) is 2.75. The highest BCUT2D eigenvalue weighted by Gasteiger charge is 2.11. The molecule has 0 N–H and O–H groups in total. The zero-order valence-electron chi connectivity index (χ0n) is 13.5. The van der Waals surface area contributed by atoms with Crippen molar-refractivity contribution < 1.29 is 9.47 Å². The van der Waals surface area contributed by atoms with Crippen molar-refractivity contribution in [3.05, 3.63) is 59.5 Å².